The lowest BCUT2D eigenvalue weighted by molar-refractivity contribution is 0.493. The second kappa shape index (κ2) is 3.38. The van der Waals surface area contributed by atoms with Gasteiger partial charge in [0.15, 0.2) is 0 Å². The summed E-state index contributed by atoms with van der Waals surface area (Å²) in [5.74, 6) is 0. The van der Waals surface area contributed by atoms with Gasteiger partial charge in [-0.1, -0.05) is 13.0 Å². The lowest BCUT2D eigenvalue weighted by Gasteiger charge is -2.26. The predicted molar refractivity (Wildman–Crippen MR) is 55.6 cm³/mol. The molecule has 1 aliphatic rings. The summed E-state index contributed by atoms with van der Waals surface area (Å²) in [6, 6.07) is 6.79. The highest BCUT2D eigenvalue weighted by atomic mass is 14.9. The second-order valence-corrected chi connectivity index (χ2v) is 3.62. The van der Waals surface area contributed by atoms with E-state index < -0.39 is 0 Å². The largest absolute Gasteiger partial charge is 0.399 e. The van der Waals surface area contributed by atoms with Crippen molar-refractivity contribution in [1.82, 2.24) is 5.32 Å². The minimum Gasteiger partial charge on any atom is -0.399 e. The number of benzene rings is 1. The molecule has 2 heteroatoms. The molecule has 1 aromatic carbocycles. The molecular weight excluding hydrogens is 160 g/mol. The molecule has 0 spiro atoms. The van der Waals surface area contributed by atoms with Gasteiger partial charge in [-0.2, -0.15) is 0 Å². The van der Waals surface area contributed by atoms with Crippen LogP contribution in [0.1, 0.15) is 30.5 Å². The van der Waals surface area contributed by atoms with Crippen molar-refractivity contribution in [2.75, 3.05) is 12.3 Å². The van der Waals surface area contributed by atoms with E-state index in [1.54, 1.807) is 0 Å². The molecule has 0 radical (unpaired) electrons. The first-order valence-corrected chi connectivity index (χ1v) is 4.93. The maximum atomic E-state index is 5.75. The van der Waals surface area contributed by atoms with Gasteiger partial charge in [-0.15, -0.1) is 0 Å². The highest BCUT2D eigenvalue weighted by Crippen LogP contribution is 2.26. The molecule has 70 valence electrons. The molecule has 3 N–H and O–H groups in total. The van der Waals surface area contributed by atoms with Gasteiger partial charge in [-0.3, -0.25) is 0 Å². The molecule has 1 aliphatic heterocycles. The van der Waals surface area contributed by atoms with Crippen LogP contribution < -0.4 is 11.1 Å². The van der Waals surface area contributed by atoms with Crippen LogP contribution in [0.25, 0.3) is 0 Å². The fourth-order valence-corrected chi connectivity index (χ4v) is 2.04. The van der Waals surface area contributed by atoms with Crippen molar-refractivity contribution < 1.29 is 0 Å². The summed E-state index contributed by atoms with van der Waals surface area (Å²) in [5, 5.41) is 3.50. The Hall–Kier alpha value is -1.02. The van der Waals surface area contributed by atoms with Gasteiger partial charge in [0.2, 0.25) is 0 Å². The number of hydrogen-bond donors (Lipinski definition) is 2. The Bertz CT molecular complexity index is 307. The normalized spacial score (nSPS) is 21.2. The van der Waals surface area contributed by atoms with Crippen LogP contribution in [0.2, 0.25) is 0 Å². The van der Waals surface area contributed by atoms with Crippen LogP contribution >= 0.6 is 0 Å². The third-order valence-corrected chi connectivity index (χ3v) is 2.74. The maximum Gasteiger partial charge on any atom is 0.0320 e. The Kier molecular flexibility index (Phi) is 2.23. The van der Waals surface area contributed by atoms with Crippen LogP contribution in [0.4, 0.5) is 5.69 Å². The van der Waals surface area contributed by atoms with Gasteiger partial charge in [0, 0.05) is 11.7 Å². The number of hydrogen-bond acceptors (Lipinski definition) is 2. The Morgan fingerprint density at radius 3 is 3.15 bits per heavy atom. The standard InChI is InChI=1S/C11H16N2/c1-2-11-10-4-3-9(12)7-8(10)5-6-13-11/h3-4,7,11,13H,2,5-6,12H2,1H3. The summed E-state index contributed by atoms with van der Waals surface area (Å²) < 4.78 is 0. The number of fused-ring (bicyclic) bond motifs is 1. The molecule has 0 bridgehead atoms. The van der Waals surface area contributed by atoms with E-state index in [2.05, 4.69) is 24.4 Å². The number of anilines is 1. The van der Waals surface area contributed by atoms with Crippen LogP contribution in [-0.4, -0.2) is 6.54 Å². The Morgan fingerprint density at radius 2 is 2.38 bits per heavy atom. The zero-order valence-electron chi connectivity index (χ0n) is 8.01. The van der Waals surface area contributed by atoms with Gasteiger partial charge in [-0.05, 0) is 42.6 Å². The van der Waals surface area contributed by atoms with Crippen molar-refractivity contribution in [3.8, 4) is 0 Å². The van der Waals surface area contributed by atoms with Gasteiger partial charge in [-0.25, -0.2) is 0 Å². The average Bonchev–Trinajstić information content (AvgIpc) is 2.16. The molecule has 13 heavy (non-hydrogen) atoms. The lowest BCUT2D eigenvalue weighted by atomic mass is 9.92. The highest BCUT2D eigenvalue weighted by Gasteiger charge is 2.17. The van der Waals surface area contributed by atoms with Crippen LogP contribution in [0.15, 0.2) is 18.2 Å². The number of nitrogen functional groups attached to an aromatic ring is 1. The molecule has 0 aromatic heterocycles. The van der Waals surface area contributed by atoms with Crippen molar-refractivity contribution in [1.29, 1.82) is 0 Å². The molecule has 2 rings (SSSR count). The van der Waals surface area contributed by atoms with Crippen molar-refractivity contribution in [3.63, 3.8) is 0 Å². The molecule has 1 unspecified atom stereocenters. The molecule has 0 fully saturated rings. The van der Waals surface area contributed by atoms with Gasteiger partial charge in [0.25, 0.3) is 0 Å². The van der Waals surface area contributed by atoms with Crippen LogP contribution in [0.3, 0.4) is 0 Å². The van der Waals surface area contributed by atoms with Crippen molar-refractivity contribution in [3.05, 3.63) is 29.3 Å². The third kappa shape index (κ3) is 1.54. The second-order valence-electron chi connectivity index (χ2n) is 3.62. The smallest absolute Gasteiger partial charge is 0.0320 e. The molecular formula is C11H16N2. The Labute approximate surface area is 79.1 Å². The third-order valence-electron chi connectivity index (χ3n) is 2.74. The molecule has 2 nitrogen and oxygen atoms in total. The number of nitrogens with one attached hydrogen (secondary N) is 1. The van der Waals surface area contributed by atoms with Crippen molar-refractivity contribution >= 4 is 5.69 Å². The van der Waals surface area contributed by atoms with Crippen LogP contribution in [0, 0.1) is 0 Å². The Balaban J connectivity index is 2.40. The van der Waals surface area contributed by atoms with E-state index in [9.17, 15) is 0 Å². The zero-order chi connectivity index (χ0) is 9.26. The number of nitrogens with two attached hydrogens (primary N) is 1. The van der Waals surface area contributed by atoms with Gasteiger partial charge >= 0.3 is 0 Å². The average molecular weight is 176 g/mol. The number of rotatable bonds is 1. The molecule has 0 aliphatic carbocycles. The van der Waals surface area contributed by atoms with Crippen molar-refractivity contribution in [2.45, 2.75) is 25.8 Å². The summed E-state index contributed by atoms with van der Waals surface area (Å²) in [6.45, 7) is 3.29. The molecule has 1 aromatic rings. The fourth-order valence-electron chi connectivity index (χ4n) is 2.04. The van der Waals surface area contributed by atoms with Crippen LogP contribution in [-0.2, 0) is 6.42 Å². The van der Waals surface area contributed by atoms with E-state index in [0.717, 1.165) is 25.1 Å². The van der Waals surface area contributed by atoms with E-state index >= 15 is 0 Å². The maximum absolute atomic E-state index is 5.75. The summed E-state index contributed by atoms with van der Waals surface area (Å²) in [6.07, 6.45) is 2.26. The fraction of sp³-hybridized carbons (Fsp3) is 0.455. The molecule has 0 saturated carbocycles. The molecule has 1 heterocycles. The van der Waals surface area contributed by atoms with Crippen molar-refractivity contribution in [2.24, 2.45) is 0 Å². The molecule has 0 amide bonds. The summed E-state index contributed by atoms with van der Waals surface area (Å²) >= 11 is 0. The SMILES string of the molecule is CCC1NCCc2cc(N)ccc21. The van der Waals surface area contributed by atoms with E-state index in [0.29, 0.717) is 6.04 Å². The monoisotopic (exact) mass is 176 g/mol. The van der Waals surface area contributed by atoms with Gasteiger partial charge < -0.3 is 11.1 Å². The molecule has 1 atom stereocenters. The first kappa shape index (κ1) is 8.57. The summed E-state index contributed by atoms with van der Waals surface area (Å²) in [5.41, 5.74) is 9.49. The van der Waals surface area contributed by atoms with Gasteiger partial charge in [0.1, 0.15) is 0 Å². The van der Waals surface area contributed by atoms with Crippen LogP contribution in [0.5, 0.6) is 0 Å². The first-order valence-electron chi connectivity index (χ1n) is 4.93. The molecule has 0 saturated heterocycles. The van der Waals surface area contributed by atoms with E-state index in [4.69, 9.17) is 5.73 Å². The summed E-state index contributed by atoms with van der Waals surface area (Å²) in [7, 11) is 0. The van der Waals surface area contributed by atoms with E-state index in [-0.39, 0.29) is 0 Å². The minimum absolute atomic E-state index is 0.532. The van der Waals surface area contributed by atoms with E-state index in [1.807, 2.05) is 6.07 Å². The quantitative estimate of drug-likeness (QED) is 0.641. The Morgan fingerprint density at radius 1 is 1.54 bits per heavy atom. The first-order chi connectivity index (χ1) is 6.31. The lowest BCUT2D eigenvalue weighted by Crippen LogP contribution is -2.29. The highest BCUT2D eigenvalue weighted by molar-refractivity contribution is 5.46. The predicted octanol–water partition coefficient (Wildman–Crippen LogP) is 1.87. The van der Waals surface area contributed by atoms with Gasteiger partial charge in [0.05, 0.1) is 0 Å². The van der Waals surface area contributed by atoms with E-state index in [1.165, 1.54) is 11.1 Å². The topological polar surface area (TPSA) is 38.0 Å². The minimum atomic E-state index is 0.532. The zero-order valence-corrected chi connectivity index (χ0v) is 8.01. The summed E-state index contributed by atoms with van der Waals surface area (Å²) in [4.78, 5) is 0.